The van der Waals surface area contributed by atoms with Crippen LogP contribution >= 0.6 is 11.6 Å². The summed E-state index contributed by atoms with van der Waals surface area (Å²) in [6, 6.07) is 12.2. The number of hydrogen-bond donors (Lipinski definition) is 0. The average molecular weight is 246 g/mol. The molecule has 0 fully saturated rings. The SMILES string of the molecule is Cc1cc(Cl)ccc1-c1cccc(C(=O)[O-])c1. The zero-order valence-electron chi connectivity index (χ0n) is 9.24. The van der Waals surface area contributed by atoms with Crippen LogP contribution < -0.4 is 5.11 Å². The molecule has 0 aromatic heterocycles. The Morgan fingerprint density at radius 2 is 1.94 bits per heavy atom. The molecule has 0 unspecified atom stereocenters. The molecule has 17 heavy (non-hydrogen) atoms. The van der Waals surface area contributed by atoms with E-state index in [1.807, 2.05) is 25.1 Å². The van der Waals surface area contributed by atoms with E-state index in [1.165, 1.54) is 6.07 Å². The maximum atomic E-state index is 10.8. The normalized spacial score (nSPS) is 10.2. The number of carboxylic acids is 1. The molecule has 0 atom stereocenters. The lowest BCUT2D eigenvalue weighted by molar-refractivity contribution is -0.255. The van der Waals surface area contributed by atoms with E-state index in [4.69, 9.17) is 11.6 Å². The van der Waals surface area contributed by atoms with Gasteiger partial charge in [0.1, 0.15) is 0 Å². The number of carbonyl (C=O) groups excluding carboxylic acids is 1. The largest absolute Gasteiger partial charge is 0.545 e. The van der Waals surface area contributed by atoms with Crippen molar-refractivity contribution in [2.75, 3.05) is 0 Å². The number of hydrogen-bond acceptors (Lipinski definition) is 2. The van der Waals surface area contributed by atoms with Gasteiger partial charge in [-0.15, -0.1) is 0 Å². The van der Waals surface area contributed by atoms with Gasteiger partial charge in [0.2, 0.25) is 0 Å². The van der Waals surface area contributed by atoms with Gasteiger partial charge in [0.05, 0.1) is 5.97 Å². The Balaban J connectivity index is 2.53. The second kappa shape index (κ2) is 4.60. The molecule has 0 bridgehead atoms. The summed E-state index contributed by atoms with van der Waals surface area (Å²) in [6.07, 6.45) is 0. The minimum Gasteiger partial charge on any atom is -0.545 e. The van der Waals surface area contributed by atoms with Crippen molar-refractivity contribution < 1.29 is 9.90 Å². The maximum Gasteiger partial charge on any atom is 0.0715 e. The molecule has 0 amide bonds. The number of rotatable bonds is 2. The van der Waals surface area contributed by atoms with Crippen molar-refractivity contribution in [3.63, 3.8) is 0 Å². The molecule has 2 nitrogen and oxygen atoms in total. The van der Waals surface area contributed by atoms with Gasteiger partial charge in [0, 0.05) is 5.02 Å². The summed E-state index contributed by atoms with van der Waals surface area (Å²) in [6.45, 7) is 1.94. The van der Waals surface area contributed by atoms with Gasteiger partial charge in [-0.25, -0.2) is 0 Å². The van der Waals surface area contributed by atoms with Crippen LogP contribution in [-0.2, 0) is 0 Å². The average Bonchev–Trinajstić information content (AvgIpc) is 2.29. The summed E-state index contributed by atoms with van der Waals surface area (Å²) in [5.74, 6) is -1.17. The summed E-state index contributed by atoms with van der Waals surface area (Å²) in [5.41, 5.74) is 3.00. The number of halogens is 1. The van der Waals surface area contributed by atoms with E-state index in [9.17, 15) is 9.90 Å². The van der Waals surface area contributed by atoms with Gasteiger partial charge in [0.15, 0.2) is 0 Å². The molecule has 0 saturated carbocycles. The molecule has 0 aliphatic rings. The molecule has 0 aliphatic carbocycles. The van der Waals surface area contributed by atoms with Crippen molar-refractivity contribution in [3.8, 4) is 11.1 Å². The summed E-state index contributed by atoms with van der Waals surface area (Å²) >= 11 is 5.88. The summed E-state index contributed by atoms with van der Waals surface area (Å²) in [7, 11) is 0. The Bertz CT molecular complexity index is 576. The third-order valence-corrected chi connectivity index (χ3v) is 2.83. The summed E-state index contributed by atoms with van der Waals surface area (Å²) < 4.78 is 0. The highest BCUT2D eigenvalue weighted by Gasteiger charge is 2.03. The second-order valence-corrected chi connectivity index (χ2v) is 4.26. The first kappa shape index (κ1) is 11.7. The van der Waals surface area contributed by atoms with Crippen LogP contribution in [0.2, 0.25) is 5.02 Å². The number of aromatic carboxylic acids is 1. The Labute approximate surface area is 104 Å². The van der Waals surface area contributed by atoms with Gasteiger partial charge in [-0.2, -0.15) is 0 Å². The molecule has 0 saturated heterocycles. The third-order valence-electron chi connectivity index (χ3n) is 2.60. The lowest BCUT2D eigenvalue weighted by Crippen LogP contribution is -2.22. The van der Waals surface area contributed by atoms with Gasteiger partial charge in [-0.1, -0.05) is 35.9 Å². The molecule has 0 radical (unpaired) electrons. The first-order chi connectivity index (χ1) is 8.08. The second-order valence-electron chi connectivity index (χ2n) is 3.83. The zero-order chi connectivity index (χ0) is 12.4. The first-order valence-electron chi connectivity index (χ1n) is 5.16. The Morgan fingerprint density at radius 1 is 1.18 bits per heavy atom. The molecular weight excluding hydrogens is 236 g/mol. The van der Waals surface area contributed by atoms with Crippen molar-refractivity contribution >= 4 is 17.6 Å². The van der Waals surface area contributed by atoms with E-state index in [0.29, 0.717) is 5.02 Å². The topological polar surface area (TPSA) is 40.1 Å². The van der Waals surface area contributed by atoms with Crippen LogP contribution in [0.3, 0.4) is 0 Å². The molecule has 3 heteroatoms. The van der Waals surface area contributed by atoms with Crippen LogP contribution in [0.4, 0.5) is 0 Å². The predicted molar refractivity (Wildman–Crippen MR) is 66.0 cm³/mol. The van der Waals surface area contributed by atoms with E-state index < -0.39 is 5.97 Å². The third kappa shape index (κ3) is 2.48. The molecule has 2 rings (SSSR count). The zero-order valence-corrected chi connectivity index (χ0v) is 9.99. The maximum absolute atomic E-state index is 10.8. The monoisotopic (exact) mass is 245 g/mol. The van der Waals surface area contributed by atoms with Crippen molar-refractivity contribution in [1.82, 2.24) is 0 Å². The molecule has 0 N–H and O–H groups in total. The van der Waals surface area contributed by atoms with Crippen molar-refractivity contribution in [2.45, 2.75) is 6.92 Å². The lowest BCUT2D eigenvalue weighted by atomic mass is 9.99. The Morgan fingerprint density at radius 3 is 2.59 bits per heavy atom. The van der Waals surface area contributed by atoms with E-state index in [2.05, 4.69) is 0 Å². The van der Waals surface area contributed by atoms with E-state index in [1.54, 1.807) is 18.2 Å². The van der Waals surface area contributed by atoms with Crippen molar-refractivity contribution in [3.05, 3.63) is 58.6 Å². The van der Waals surface area contributed by atoms with Crippen molar-refractivity contribution in [2.24, 2.45) is 0 Å². The smallest absolute Gasteiger partial charge is 0.0715 e. The number of carboxylic acid groups (broad SMARTS) is 1. The molecule has 0 spiro atoms. The van der Waals surface area contributed by atoms with Crippen LogP contribution in [-0.4, -0.2) is 5.97 Å². The highest BCUT2D eigenvalue weighted by molar-refractivity contribution is 6.30. The standard InChI is InChI=1S/C14H11ClO2/c1-9-7-12(15)5-6-13(9)10-3-2-4-11(8-10)14(16)17/h2-8H,1H3,(H,16,17)/p-1. The molecule has 2 aromatic carbocycles. The van der Waals surface area contributed by atoms with E-state index >= 15 is 0 Å². The molecule has 86 valence electrons. The predicted octanol–water partition coefficient (Wildman–Crippen LogP) is 2.68. The number of benzene rings is 2. The molecular formula is C14H10ClO2-. The minimum atomic E-state index is -1.17. The van der Waals surface area contributed by atoms with Gasteiger partial charge in [-0.05, 0) is 47.4 Å². The minimum absolute atomic E-state index is 0.178. The quantitative estimate of drug-likeness (QED) is 0.816. The lowest BCUT2D eigenvalue weighted by Gasteiger charge is -2.09. The number of aryl methyl sites for hydroxylation is 1. The van der Waals surface area contributed by atoms with Gasteiger partial charge >= 0.3 is 0 Å². The summed E-state index contributed by atoms with van der Waals surface area (Å²) in [5, 5.41) is 11.5. The van der Waals surface area contributed by atoms with Crippen LogP contribution in [0.1, 0.15) is 15.9 Å². The van der Waals surface area contributed by atoms with Crippen LogP contribution in [0, 0.1) is 6.92 Å². The molecule has 0 heterocycles. The van der Waals surface area contributed by atoms with E-state index in [0.717, 1.165) is 16.7 Å². The fourth-order valence-electron chi connectivity index (χ4n) is 1.76. The number of carbonyl (C=O) groups is 1. The van der Waals surface area contributed by atoms with Crippen LogP contribution in [0.25, 0.3) is 11.1 Å². The van der Waals surface area contributed by atoms with Crippen LogP contribution in [0.15, 0.2) is 42.5 Å². The van der Waals surface area contributed by atoms with Crippen LogP contribution in [0.5, 0.6) is 0 Å². The molecule has 2 aromatic rings. The van der Waals surface area contributed by atoms with Gasteiger partial charge < -0.3 is 9.90 Å². The highest BCUT2D eigenvalue weighted by atomic mass is 35.5. The Kier molecular flexibility index (Phi) is 3.16. The van der Waals surface area contributed by atoms with E-state index in [-0.39, 0.29) is 5.56 Å². The highest BCUT2D eigenvalue weighted by Crippen LogP contribution is 2.26. The van der Waals surface area contributed by atoms with Gasteiger partial charge in [0.25, 0.3) is 0 Å². The summed E-state index contributed by atoms with van der Waals surface area (Å²) in [4.78, 5) is 10.8. The fourth-order valence-corrected chi connectivity index (χ4v) is 1.99. The van der Waals surface area contributed by atoms with Gasteiger partial charge in [-0.3, -0.25) is 0 Å². The fraction of sp³-hybridized carbons (Fsp3) is 0.0714. The van der Waals surface area contributed by atoms with Crippen molar-refractivity contribution in [1.29, 1.82) is 0 Å². The molecule has 0 aliphatic heterocycles. The first-order valence-corrected chi connectivity index (χ1v) is 5.53. The Hall–Kier alpha value is -1.80.